The van der Waals surface area contributed by atoms with Crippen LogP contribution < -0.4 is 10.6 Å². The van der Waals surface area contributed by atoms with Crippen LogP contribution in [-0.4, -0.2) is 30.7 Å². The number of piperidine rings is 1. The fourth-order valence-corrected chi connectivity index (χ4v) is 1.59. The molecule has 0 spiro atoms. The molecular weight excluding hydrogens is 171 g/mol. The number of alkyl halides is 1. The maximum atomic E-state index is 13.9. The fourth-order valence-electron chi connectivity index (χ4n) is 1.59. The Morgan fingerprint density at radius 2 is 2.00 bits per heavy atom. The standard InChI is InChI=1S/C9H15FN2O/c10-9(3-5-11-6-4-9)8(13)12-7-1-2-7/h7,11H,1-6H2,(H,12,13). The zero-order chi connectivity index (χ0) is 9.31. The number of nitrogens with one attached hydrogen (secondary N) is 2. The molecule has 0 bridgehead atoms. The first kappa shape index (κ1) is 8.94. The second kappa shape index (κ2) is 3.25. The highest BCUT2D eigenvalue weighted by atomic mass is 19.1. The fraction of sp³-hybridized carbons (Fsp3) is 0.889. The molecule has 0 aromatic heterocycles. The van der Waals surface area contributed by atoms with E-state index < -0.39 is 11.6 Å². The largest absolute Gasteiger partial charge is 0.351 e. The molecule has 1 saturated carbocycles. The highest BCUT2D eigenvalue weighted by Crippen LogP contribution is 2.26. The van der Waals surface area contributed by atoms with E-state index in [0.717, 1.165) is 12.8 Å². The summed E-state index contributed by atoms with van der Waals surface area (Å²) in [5, 5.41) is 5.77. The van der Waals surface area contributed by atoms with Crippen LogP contribution in [0.2, 0.25) is 0 Å². The molecule has 2 rings (SSSR count). The summed E-state index contributed by atoms with van der Waals surface area (Å²) in [6, 6.07) is 0.259. The second-order valence-corrected chi connectivity index (χ2v) is 3.96. The van der Waals surface area contributed by atoms with E-state index >= 15 is 0 Å². The lowest BCUT2D eigenvalue weighted by Gasteiger charge is -2.28. The van der Waals surface area contributed by atoms with E-state index in [1.54, 1.807) is 0 Å². The van der Waals surface area contributed by atoms with Crippen LogP contribution in [0.4, 0.5) is 4.39 Å². The Morgan fingerprint density at radius 1 is 1.38 bits per heavy atom. The summed E-state index contributed by atoms with van der Waals surface area (Å²) in [7, 11) is 0. The summed E-state index contributed by atoms with van der Waals surface area (Å²) in [5.74, 6) is -0.392. The lowest BCUT2D eigenvalue weighted by Crippen LogP contribution is -2.50. The molecule has 1 aliphatic heterocycles. The molecule has 0 unspecified atom stereocenters. The molecule has 1 aliphatic carbocycles. The van der Waals surface area contributed by atoms with E-state index in [4.69, 9.17) is 0 Å². The van der Waals surface area contributed by atoms with Gasteiger partial charge in [-0.25, -0.2) is 4.39 Å². The number of carbonyl (C=O) groups is 1. The molecule has 74 valence electrons. The van der Waals surface area contributed by atoms with Crippen molar-refractivity contribution >= 4 is 5.91 Å². The third-order valence-corrected chi connectivity index (χ3v) is 2.72. The third-order valence-electron chi connectivity index (χ3n) is 2.72. The van der Waals surface area contributed by atoms with Crippen molar-refractivity contribution in [3.63, 3.8) is 0 Å². The molecule has 0 atom stereocenters. The summed E-state index contributed by atoms with van der Waals surface area (Å²) in [6.45, 7) is 1.21. The van der Waals surface area contributed by atoms with E-state index in [1.807, 2.05) is 0 Å². The number of hydrogen-bond donors (Lipinski definition) is 2. The van der Waals surface area contributed by atoms with E-state index in [-0.39, 0.29) is 6.04 Å². The van der Waals surface area contributed by atoms with Gasteiger partial charge in [0.25, 0.3) is 5.91 Å². The van der Waals surface area contributed by atoms with Crippen LogP contribution in [0.1, 0.15) is 25.7 Å². The van der Waals surface area contributed by atoms with Gasteiger partial charge in [-0.2, -0.15) is 0 Å². The predicted molar refractivity (Wildman–Crippen MR) is 47.1 cm³/mol. The topological polar surface area (TPSA) is 41.1 Å². The van der Waals surface area contributed by atoms with Crippen molar-refractivity contribution in [1.82, 2.24) is 10.6 Å². The van der Waals surface area contributed by atoms with Gasteiger partial charge >= 0.3 is 0 Å². The van der Waals surface area contributed by atoms with Gasteiger partial charge in [0, 0.05) is 18.9 Å². The quantitative estimate of drug-likeness (QED) is 0.653. The lowest BCUT2D eigenvalue weighted by atomic mass is 9.93. The predicted octanol–water partition coefficient (Wildman–Crippen LogP) is 0.357. The van der Waals surface area contributed by atoms with Crippen LogP contribution >= 0.6 is 0 Å². The SMILES string of the molecule is O=C(NC1CC1)C1(F)CCNCC1. The van der Waals surface area contributed by atoms with Gasteiger partial charge < -0.3 is 10.6 Å². The van der Waals surface area contributed by atoms with Gasteiger partial charge in [0.05, 0.1) is 0 Å². The minimum absolute atomic E-state index is 0.259. The van der Waals surface area contributed by atoms with E-state index in [0.29, 0.717) is 25.9 Å². The number of amides is 1. The second-order valence-electron chi connectivity index (χ2n) is 3.96. The molecule has 1 amide bonds. The van der Waals surface area contributed by atoms with Crippen LogP contribution in [0.25, 0.3) is 0 Å². The summed E-state index contributed by atoms with van der Waals surface area (Å²) in [5.41, 5.74) is -1.60. The Labute approximate surface area is 77.1 Å². The number of rotatable bonds is 2. The van der Waals surface area contributed by atoms with E-state index in [1.165, 1.54) is 0 Å². The van der Waals surface area contributed by atoms with E-state index in [9.17, 15) is 9.18 Å². The summed E-state index contributed by atoms with van der Waals surface area (Å²) in [6.07, 6.45) is 2.65. The van der Waals surface area contributed by atoms with Crippen LogP contribution in [0, 0.1) is 0 Å². The van der Waals surface area contributed by atoms with Gasteiger partial charge in [0.2, 0.25) is 0 Å². The van der Waals surface area contributed by atoms with Crippen molar-refractivity contribution < 1.29 is 9.18 Å². The number of hydrogen-bond acceptors (Lipinski definition) is 2. The maximum Gasteiger partial charge on any atom is 0.257 e. The van der Waals surface area contributed by atoms with Gasteiger partial charge in [0.15, 0.2) is 5.67 Å². The Bertz CT molecular complexity index is 210. The zero-order valence-electron chi connectivity index (χ0n) is 7.61. The maximum absolute atomic E-state index is 13.9. The molecule has 1 heterocycles. The van der Waals surface area contributed by atoms with Gasteiger partial charge in [-0.1, -0.05) is 0 Å². The van der Waals surface area contributed by atoms with Gasteiger partial charge in [0.1, 0.15) is 0 Å². The smallest absolute Gasteiger partial charge is 0.257 e. The highest BCUT2D eigenvalue weighted by Gasteiger charge is 2.41. The molecule has 3 nitrogen and oxygen atoms in total. The summed E-state index contributed by atoms with van der Waals surface area (Å²) >= 11 is 0. The molecule has 0 radical (unpaired) electrons. The van der Waals surface area contributed by atoms with Crippen molar-refractivity contribution in [2.75, 3.05) is 13.1 Å². The van der Waals surface area contributed by atoms with Gasteiger partial charge in [-0.05, 0) is 25.9 Å². The average Bonchev–Trinajstić information content (AvgIpc) is 2.89. The molecule has 2 fully saturated rings. The highest BCUT2D eigenvalue weighted by molar-refractivity contribution is 5.85. The molecule has 1 saturated heterocycles. The van der Waals surface area contributed by atoms with Crippen molar-refractivity contribution in [3.8, 4) is 0 Å². The molecular formula is C9H15FN2O. The van der Waals surface area contributed by atoms with Crippen LogP contribution in [0.5, 0.6) is 0 Å². The Hall–Kier alpha value is -0.640. The minimum Gasteiger partial charge on any atom is -0.351 e. The first-order valence-corrected chi connectivity index (χ1v) is 4.91. The van der Waals surface area contributed by atoms with E-state index in [2.05, 4.69) is 10.6 Å². The Balaban J connectivity index is 1.90. The molecule has 4 heteroatoms. The first-order valence-electron chi connectivity index (χ1n) is 4.91. The summed E-state index contributed by atoms with van der Waals surface area (Å²) in [4.78, 5) is 11.5. The molecule has 2 aliphatic rings. The van der Waals surface area contributed by atoms with Crippen molar-refractivity contribution in [1.29, 1.82) is 0 Å². The monoisotopic (exact) mass is 186 g/mol. The summed E-state index contributed by atoms with van der Waals surface area (Å²) < 4.78 is 13.9. The normalized spacial score (nSPS) is 26.8. The van der Waals surface area contributed by atoms with Crippen molar-refractivity contribution in [3.05, 3.63) is 0 Å². The Kier molecular flexibility index (Phi) is 2.24. The zero-order valence-corrected chi connectivity index (χ0v) is 7.61. The number of carbonyl (C=O) groups excluding carboxylic acids is 1. The van der Waals surface area contributed by atoms with Crippen molar-refractivity contribution in [2.24, 2.45) is 0 Å². The van der Waals surface area contributed by atoms with Crippen molar-refractivity contribution in [2.45, 2.75) is 37.4 Å². The molecule has 0 aromatic carbocycles. The minimum atomic E-state index is -1.60. The Morgan fingerprint density at radius 3 is 2.54 bits per heavy atom. The molecule has 0 aromatic rings. The number of halogens is 1. The van der Waals surface area contributed by atoms with Gasteiger partial charge in [-0.3, -0.25) is 4.79 Å². The molecule has 13 heavy (non-hydrogen) atoms. The average molecular weight is 186 g/mol. The first-order chi connectivity index (χ1) is 6.21. The van der Waals surface area contributed by atoms with Crippen LogP contribution in [0.15, 0.2) is 0 Å². The lowest BCUT2D eigenvalue weighted by molar-refractivity contribution is -0.134. The van der Waals surface area contributed by atoms with Gasteiger partial charge in [-0.15, -0.1) is 0 Å². The molecule has 2 N–H and O–H groups in total. The third kappa shape index (κ3) is 1.99. The van der Waals surface area contributed by atoms with Crippen LogP contribution in [0.3, 0.4) is 0 Å². The van der Waals surface area contributed by atoms with Crippen LogP contribution in [-0.2, 0) is 4.79 Å².